The highest BCUT2D eigenvalue weighted by atomic mass is 16.4. The van der Waals surface area contributed by atoms with Crippen molar-refractivity contribution in [2.75, 3.05) is 0 Å². The number of unbranched alkanes of at least 4 members (excludes halogenated alkanes) is 14. The molecule has 4 heteroatoms. The average Bonchev–Trinajstić information content (AvgIpc) is 3.11. The first kappa shape index (κ1) is 24.7. The van der Waals surface area contributed by atoms with E-state index in [1.807, 2.05) is 12.4 Å². The molecule has 0 aliphatic rings. The van der Waals surface area contributed by atoms with E-state index in [1.54, 1.807) is 0 Å². The van der Waals surface area contributed by atoms with Gasteiger partial charge in [-0.1, -0.05) is 96.8 Å². The number of H-pyrrole nitrogens is 1. The largest absolute Gasteiger partial charge is 0.481 e. The summed E-state index contributed by atoms with van der Waals surface area (Å²) in [7, 11) is 0. The van der Waals surface area contributed by atoms with Crippen LogP contribution in [0.4, 0.5) is 0 Å². The van der Waals surface area contributed by atoms with Gasteiger partial charge in [0.2, 0.25) is 0 Å². The monoisotopic (exact) mass is 366 g/mol. The van der Waals surface area contributed by atoms with Gasteiger partial charge in [-0.3, -0.25) is 4.79 Å². The SMILES string of the molecule is CC(=O)O.CCCCCCCCCCCCCCCCCc1ncc[nH]1. The molecule has 1 rings (SSSR count). The van der Waals surface area contributed by atoms with Crippen molar-refractivity contribution in [1.82, 2.24) is 9.97 Å². The normalized spacial score (nSPS) is 10.4. The minimum atomic E-state index is -0.833. The fraction of sp³-hybridized carbons (Fsp3) is 0.818. The lowest BCUT2D eigenvalue weighted by Gasteiger charge is -2.03. The highest BCUT2D eigenvalue weighted by Gasteiger charge is 1.96. The number of rotatable bonds is 16. The van der Waals surface area contributed by atoms with Gasteiger partial charge in [0, 0.05) is 25.7 Å². The Morgan fingerprint density at radius 2 is 1.23 bits per heavy atom. The molecule has 0 spiro atoms. The smallest absolute Gasteiger partial charge is 0.300 e. The van der Waals surface area contributed by atoms with Crippen LogP contribution in [0.15, 0.2) is 12.4 Å². The Labute approximate surface area is 161 Å². The maximum absolute atomic E-state index is 9.00. The molecule has 0 aliphatic carbocycles. The quantitative estimate of drug-likeness (QED) is 0.312. The predicted octanol–water partition coefficient (Wildman–Crippen LogP) is 6.91. The molecule has 0 amide bonds. The Kier molecular flexibility index (Phi) is 19.0. The summed E-state index contributed by atoms with van der Waals surface area (Å²) >= 11 is 0. The molecule has 0 unspecified atom stereocenters. The summed E-state index contributed by atoms with van der Waals surface area (Å²) in [5.41, 5.74) is 0. The summed E-state index contributed by atoms with van der Waals surface area (Å²) < 4.78 is 0. The number of nitrogens with one attached hydrogen (secondary N) is 1. The molecule has 1 aromatic rings. The lowest BCUT2D eigenvalue weighted by molar-refractivity contribution is -0.134. The van der Waals surface area contributed by atoms with Crippen molar-refractivity contribution in [2.24, 2.45) is 0 Å². The molecule has 0 bridgehead atoms. The van der Waals surface area contributed by atoms with Crippen molar-refractivity contribution in [2.45, 2.75) is 117 Å². The van der Waals surface area contributed by atoms with E-state index in [2.05, 4.69) is 16.9 Å². The van der Waals surface area contributed by atoms with Gasteiger partial charge in [-0.05, 0) is 6.42 Å². The molecule has 1 aromatic heterocycles. The van der Waals surface area contributed by atoms with E-state index < -0.39 is 5.97 Å². The summed E-state index contributed by atoms with van der Waals surface area (Å²) in [5, 5.41) is 7.42. The number of aliphatic carboxylic acids is 1. The number of hydrogen-bond donors (Lipinski definition) is 2. The lowest BCUT2D eigenvalue weighted by Crippen LogP contribution is -1.88. The zero-order chi connectivity index (χ0) is 19.3. The number of nitrogens with zero attached hydrogens (tertiary/aromatic N) is 1. The Bertz CT molecular complexity index is 387. The molecule has 4 nitrogen and oxygen atoms in total. The summed E-state index contributed by atoms with van der Waals surface area (Å²) in [6, 6.07) is 0. The molecule has 0 atom stereocenters. The van der Waals surface area contributed by atoms with Gasteiger partial charge in [0.15, 0.2) is 0 Å². The molecule has 0 fully saturated rings. The Morgan fingerprint density at radius 1 is 0.846 bits per heavy atom. The van der Waals surface area contributed by atoms with Crippen LogP contribution < -0.4 is 0 Å². The van der Waals surface area contributed by atoms with Crippen LogP contribution >= 0.6 is 0 Å². The molecule has 0 aromatic carbocycles. The van der Waals surface area contributed by atoms with Crippen molar-refractivity contribution in [3.05, 3.63) is 18.2 Å². The Balaban J connectivity index is 0.00000141. The van der Waals surface area contributed by atoms with Gasteiger partial charge >= 0.3 is 0 Å². The zero-order valence-corrected chi connectivity index (χ0v) is 17.3. The molecule has 1 heterocycles. The molecule has 152 valence electrons. The maximum atomic E-state index is 9.00. The Morgan fingerprint density at radius 3 is 1.58 bits per heavy atom. The van der Waals surface area contributed by atoms with E-state index in [4.69, 9.17) is 9.90 Å². The summed E-state index contributed by atoms with van der Waals surface area (Å²) in [5.74, 6) is 0.315. The predicted molar refractivity (Wildman–Crippen MR) is 111 cm³/mol. The van der Waals surface area contributed by atoms with Crippen molar-refractivity contribution in [3.63, 3.8) is 0 Å². The van der Waals surface area contributed by atoms with Crippen molar-refractivity contribution < 1.29 is 9.90 Å². The van der Waals surface area contributed by atoms with Crippen molar-refractivity contribution in [3.8, 4) is 0 Å². The molecule has 0 aliphatic heterocycles. The minimum Gasteiger partial charge on any atom is -0.481 e. The topological polar surface area (TPSA) is 66.0 Å². The number of carbonyl (C=O) groups is 1. The van der Waals surface area contributed by atoms with Crippen LogP contribution in [0.25, 0.3) is 0 Å². The third-order valence-corrected chi connectivity index (χ3v) is 4.57. The Hall–Kier alpha value is -1.32. The van der Waals surface area contributed by atoms with E-state index in [0.717, 1.165) is 19.2 Å². The molecule has 0 saturated carbocycles. The van der Waals surface area contributed by atoms with Crippen molar-refractivity contribution >= 4 is 5.97 Å². The fourth-order valence-electron chi connectivity index (χ4n) is 3.10. The zero-order valence-electron chi connectivity index (χ0n) is 17.3. The first-order chi connectivity index (χ1) is 12.7. The first-order valence-corrected chi connectivity index (χ1v) is 10.8. The second kappa shape index (κ2) is 20.0. The van der Waals surface area contributed by atoms with Gasteiger partial charge < -0.3 is 10.1 Å². The van der Waals surface area contributed by atoms with Gasteiger partial charge in [-0.15, -0.1) is 0 Å². The van der Waals surface area contributed by atoms with Crippen molar-refractivity contribution in [1.29, 1.82) is 0 Å². The molecule has 26 heavy (non-hydrogen) atoms. The molecular weight excluding hydrogens is 324 g/mol. The molecular formula is C22H42N2O2. The molecule has 0 saturated heterocycles. The summed E-state index contributed by atoms with van der Waals surface area (Å²) in [6.07, 6.45) is 26.3. The number of carboxylic acids is 1. The summed E-state index contributed by atoms with van der Waals surface area (Å²) in [6.45, 7) is 3.37. The van der Waals surface area contributed by atoms with E-state index in [1.165, 1.54) is 96.3 Å². The van der Waals surface area contributed by atoms with Gasteiger partial charge in [0.25, 0.3) is 5.97 Å². The van der Waals surface area contributed by atoms with Crippen LogP contribution in [0.5, 0.6) is 0 Å². The number of aryl methyl sites for hydroxylation is 1. The average molecular weight is 367 g/mol. The maximum Gasteiger partial charge on any atom is 0.300 e. The van der Waals surface area contributed by atoms with Crippen LogP contribution in [0.2, 0.25) is 0 Å². The van der Waals surface area contributed by atoms with Crippen LogP contribution in [0.3, 0.4) is 0 Å². The third kappa shape index (κ3) is 20.7. The number of aromatic amines is 1. The van der Waals surface area contributed by atoms with Gasteiger partial charge in [-0.2, -0.15) is 0 Å². The van der Waals surface area contributed by atoms with Gasteiger partial charge in [0.05, 0.1) is 0 Å². The van der Waals surface area contributed by atoms with Gasteiger partial charge in [0.1, 0.15) is 5.82 Å². The number of hydrogen-bond acceptors (Lipinski definition) is 2. The van der Waals surface area contributed by atoms with Gasteiger partial charge in [-0.25, -0.2) is 4.98 Å². The fourth-order valence-corrected chi connectivity index (χ4v) is 3.10. The number of aromatic nitrogens is 2. The number of imidazole rings is 1. The standard InChI is InChI=1S/C20H38N2.C2H4O2/c1-2-3-4-5-6-7-8-9-10-11-12-13-14-15-16-17-20-21-18-19-22-20;1-2(3)4/h18-19H,2-17H2,1H3,(H,21,22);1H3,(H,3,4). The highest BCUT2D eigenvalue weighted by molar-refractivity contribution is 5.62. The molecule has 0 radical (unpaired) electrons. The van der Waals surface area contributed by atoms with Crippen LogP contribution in [0.1, 0.15) is 116 Å². The van der Waals surface area contributed by atoms with E-state index in [-0.39, 0.29) is 0 Å². The van der Waals surface area contributed by atoms with E-state index in [0.29, 0.717) is 0 Å². The van der Waals surface area contributed by atoms with E-state index >= 15 is 0 Å². The molecule has 2 N–H and O–H groups in total. The van der Waals surface area contributed by atoms with Crippen LogP contribution in [-0.2, 0) is 11.2 Å². The second-order valence-corrected chi connectivity index (χ2v) is 7.25. The number of carboxylic acid groups (broad SMARTS) is 1. The van der Waals surface area contributed by atoms with Crippen LogP contribution in [-0.4, -0.2) is 21.0 Å². The highest BCUT2D eigenvalue weighted by Crippen LogP contribution is 2.13. The minimum absolute atomic E-state index is 0.833. The van der Waals surface area contributed by atoms with Crippen LogP contribution in [0, 0.1) is 0 Å². The summed E-state index contributed by atoms with van der Waals surface area (Å²) in [4.78, 5) is 16.4. The lowest BCUT2D eigenvalue weighted by atomic mass is 10.0. The second-order valence-electron chi connectivity index (χ2n) is 7.25. The van der Waals surface area contributed by atoms with E-state index in [9.17, 15) is 0 Å². The third-order valence-electron chi connectivity index (χ3n) is 4.57. The first-order valence-electron chi connectivity index (χ1n) is 10.8.